The minimum absolute atomic E-state index is 0.0259. The molecule has 0 bridgehead atoms. The van der Waals surface area contributed by atoms with Crippen molar-refractivity contribution in [2.45, 2.75) is 38.1 Å². The van der Waals surface area contributed by atoms with E-state index >= 15 is 0 Å². The number of rotatable bonds is 12. The van der Waals surface area contributed by atoms with Gasteiger partial charge in [0.2, 0.25) is 15.9 Å². The molecule has 3 aromatic rings. The number of halogens is 1. The number of nitro benzene ring substituents is 1. The van der Waals surface area contributed by atoms with Crippen LogP contribution in [0.1, 0.15) is 36.3 Å². The maximum Gasteiger partial charge on any atom is 0.272 e. The number of benzene rings is 2. The zero-order valence-corrected chi connectivity index (χ0v) is 22.8. The summed E-state index contributed by atoms with van der Waals surface area (Å²) in [5.74, 6) is -0.665. The summed E-state index contributed by atoms with van der Waals surface area (Å²) in [7, 11) is -2.72. The monoisotopic (exact) mass is 565 g/mol. The van der Waals surface area contributed by atoms with Gasteiger partial charge in [0.1, 0.15) is 10.6 Å². The Labute approximate surface area is 225 Å². The van der Waals surface area contributed by atoms with E-state index in [-0.39, 0.29) is 30.5 Å². The molecule has 204 valence electrons. The van der Waals surface area contributed by atoms with Crippen LogP contribution in [-0.4, -0.2) is 55.3 Å². The highest BCUT2D eigenvalue weighted by molar-refractivity contribution is 7.89. The molecule has 0 radical (unpaired) electrons. The molecule has 0 fully saturated rings. The standard InChI is InChI=1S/C24H28ClN5O7S/c1-5-15(2)28-38(34,35)21-14-19(30(32)33)9-10-20(21)37-24-16(3)22(23(31)26-11-12-36-4)27-29(24)18-8-6-7-17(25)13-18/h6-10,13-15,28H,5,11-12H2,1-4H3,(H,26,31). The summed E-state index contributed by atoms with van der Waals surface area (Å²) in [6.07, 6.45) is 0.493. The van der Waals surface area contributed by atoms with Gasteiger partial charge in [0, 0.05) is 42.4 Å². The largest absolute Gasteiger partial charge is 0.437 e. The van der Waals surface area contributed by atoms with Gasteiger partial charge in [0.25, 0.3) is 11.6 Å². The van der Waals surface area contributed by atoms with E-state index in [4.69, 9.17) is 21.1 Å². The SMILES string of the molecule is CCC(C)NS(=O)(=O)c1cc([N+](=O)[O-])ccc1Oc1c(C)c(C(=O)NCCOC)nn1-c1cccc(Cl)c1. The first-order valence-corrected chi connectivity index (χ1v) is 13.5. The predicted octanol–water partition coefficient (Wildman–Crippen LogP) is 3.99. The predicted molar refractivity (Wildman–Crippen MR) is 141 cm³/mol. The molecule has 0 aliphatic carbocycles. The van der Waals surface area contributed by atoms with Crippen LogP contribution < -0.4 is 14.8 Å². The lowest BCUT2D eigenvalue weighted by Gasteiger charge is -2.16. The van der Waals surface area contributed by atoms with E-state index in [1.165, 1.54) is 17.9 Å². The van der Waals surface area contributed by atoms with Gasteiger partial charge < -0.3 is 14.8 Å². The number of carbonyl (C=O) groups is 1. The van der Waals surface area contributed by atoms with Gasteiger partial charge in [-0.2, -0.15) is 9.78 Å². The lowest BCUT2D eigenvalue weighted by Crippen LogP contribution is -2.32. The van der Waals surface area contributed by atoms with Gasteiger partial charge in [-0.25, -0.2) is 13.1 Å². The second-order valence-corrected chi connectivity index (χ2v) is 10.5. The number of sulfonamides is 1. The van der Waals surface area contributed by atoms with Crippen LogP contribution in [-0.2, 0) is 14.8 Å². The fourth-order valence-corrected chi connectivity index (χ4v) is 5.03. The lowest BCUT2D eigenvalue weighted by molar-refractivity contribution is -0.385. The van der Waals surface area contributed by atoms with Crippen LogP contribution >= 0.6 is 11.6 Å². The van der Waals surface area contributed by atoms with Crippen LogP contribution in [0.3, 0.4) is 0 Å². The number of ether oxygens (including phenoxy) is 2. The van der Waals surface area contributed by atoms with Crippen LogP contribution in [0.4, 0.5) is 5.69 Å². The van der Waals surface area contributed by atoms with Crippen molar-refractivity contribution >= 4 is 33.2 Å². The van der Waals surface area contributed by atoms with Crippen molar-refractivity contribution in [1.82, 2.24) is 19.8 Å². The van der Waals surface area contributed by atoms with Gasteiger partial charge in [-0.1, -0.05) is 24.6 Å². The number of nitrogens with one attached hydrogen (secondary N) is 2. The maximum atomic E-state index is 13.2. The summed E-state index contributed by atoms with van der Waals surface area (Å²) in [6, 6.07) is 9.40. The molecule has 1 unspecified atom stereocenters. The van der Waals surface area contributed by atoms with Gasteiger partial charge in [-0.3, -0.25) is 14.9 Å². The topological polar surface area (TPSA) is 155 Å². The smallest absolute Gasteiger partial charge is 0.272 e. The van der Waals surface area contributed by atoms with E-state index in [9.17, 15) is 23.3 Å². The lowest BCUT2D eigenvalue weighted by atomic mass is 10.2. The minimum atomic E-state index is -4.22. The molecular weight excluding hydrogens is 538 g/mol. The number of hydrogen-bond acceptors (Lipinski definition) is 8. The highest BCUT2D eigenvalue weighted by Crippen LogP contribution is 2.36. The summed E-state index contributed by atoms with van der Waals surface area (Å²) in [6.45, 7) is 5.58. The van der Waals surface area contributed by atoms with E-state index in [1.54, 1.807) is 45.0 Å². The molecule has 38 heavy (non-hydrogen) atoms. The Morgan fingerprint density at radius 3 is 2.63 bits per heavy atom. The fourth-order valence-electron chi connectivity index (χ4n) is 3.37. The van der Waals surface area contributed by atoms with Crippen molar-refractivity contribution < 1.29 is 27.6 Å². The Kier molecular flexibility index (Phi) is 9.44. The first-order chi connectivity index (χ1) is 18.0. The van der Waals surface area contributed by atoms with Crippen LogP contribution in [0.5, 0.6) is 11.6 Å². The number of hydrogen-bond donors (Lipinski definition) is 2. The number of carbonyl (C=O) groups excluding carboxylic acids is 1. The van der Waals surface area contributed by atoms with E-state index in [0.717, 1.165) is 12.1 Å². The molecule has 1 heterocycles. The van der Waals surface area contributed by atoms with Crippen LogP contribution in [0.2, 0.25) is 5.02 Å². The molecule has 0 aliphatic rings. The number of methoxy groups -OCH3 is 1. The molecule has 3 rings (SSSR count). The molecular formula is C24H28ClN5O7S. The molecule has 2 N–H and O–H groups in total. The van der Waals surface area contributed by atoms with Gasteiger partial charge in [-0.05, 0) is 44.5 Å². The molecule has 0 saturated carbocycles. The first kappa shape index (κ1) is 29.0. The summed E-state index contributed by atoms with van der Waals surface area (Å²) >= 11 is 6.17. The number of nitro groups is 1. The summed E-state index contributed by atoms with van der Waals surface area (Å²) < 4.78 is 41.2. The van der Waals surface area contributed by atoms with E-state index < -0.39 is 37.5 Å². The number of nitrogens with zero attached hydrogens (tertiary/aromatic N) is 3. The van der Waals surface area contributed by atoms with Crippen molar-refractivity contribution in [2.24, 2.45) is 0 Å². The highest BCUT2D eigenvalue weighted by atomic mass is 35.5. The van der Waals surface area contributed by atoms with E-state index in [2.05, 4.69) is 15.1 Å². The maximum absolute atomic E-state index is 13.2. The Morgan fingerprint density at radius 2 is 2.00 bits per heavy atom. The van der Waals surface area contributed by atoms with Gasteiger partial charge in [0.15, 0.2) is 5.69 Å². The molecule has 0 saturated heterocycles. The second-order valence-electron chi connectivity index (χ2n) is 8.34. The highest BCUT2D eigenvalue weighted by Gasteiger charge is 2.28. The zero-order valence-electron chi connectivity index (χ0n) is 21.2. The fraction of sp³-hybridized carbons (Fsp3) is 0.333. The molecule has 12 nitrogen and oxygen atoms in total. The Morgan fingerprint density at radius 1 is 1.26 bits per heavy atom. The normalized spacial score (nSPS) is 12.2. The Balaban J connectivity index is 2.17. The van der Waals surface area contributed by atoms with Crippen molar-refractivity contribution in [3.63, 3.8) is 0 Å². The number of aromatic nitrogens is 2. The van der Waals surface area contributed by atoms with E-state index in [1.807, 2.05) is 0 Å². The minimum Gasteiger partial charge on any atom is -0.437 e. The third-order valence-electron chi connectivity index (χ3n) is 5.53. The Hall–Kier alpha value is -3.52. The van der Waals surface area contributed by atoms with Crippen LogP contribution in [0.25, 0.3) is 5.69 Å². The van der Waals surface area contributed by atoms with Crippen molar-refractivity contribution in [1.29, 1.82) is 0 Å². The molecule has 0 spiro atoms. The second kappa shape index (κ2) is 12.3. The molecule has 1 aromatic heterocycles. The summed E-state index contributed by atoms with van der Waals surface area (Å²) in [5, 5.41) is 18.9. The van der Waals surface area contributed by atoms with Crippen molar-refractivity contribution in [3.05, 3.63) is 68.9 Å². The molecule has 1 amide bonds. The molecule has 0 aliphatic heterocycles. The van der Waals surface area contributed by atoms with Crippen LogP contribution in [0, 0.1) is 17.0 Å². The molecule has 14 heteroatoms. The van der Waals surface area contributed by atoms with Gasteiger partial charge >= 0.3 is 0 Å². The van der Waals surface area contributed by atoms with Crippen LogP contribution in [0.15, 0.2) is 47.4 Å². The third-order valence-corrected chi connectivity index (χ3v) is 7.38. The molecule has 2 aromatic carbocycles. The van der Waals surface area contributed by atoms with E-state index in [0.29, 0.717) is 22.7 Å². The number of non-ortho nitro benzene ring substituents is 1. The van der Waals surface area contributed by atoms with Crippen molar-refractivity contribution in [2.75, 3.05) is 20.3 Å². The average Bonchev–Trinajstić information content (AvgIpc) is 3.19. The quantitative estimate of drug-likeness (QED) is 0.190. The van der Waals surface area contributed by atoms with Crippen molar-refractivity contribution in [3.8, 4) is 17.3 Å². The summed E-state index contributed by atoms with van der Waals surface area (Å²) in [4.78, 5) is 23.1. The zero-order chi connectivity index (χ0) is 28.0. The Bertz CT molecular complexity index is 1440. The number of amides is 1. The first-order valence-electron chi connectivity index (χ1n) is 11.6. The third kappa shape index (κ3) is 6.67. The summed E-state index contributed by atoms with van der Waals surface area (Å²) in [5.41, 5.74) is 0.340. The molecule has 1 atom stereocenters. The van der Waals surface area contributed by atoms with Gasteiger partial charge in [0.05, 0.1) is 17.2 Å². The van der Waals surface area contributed by atoms with Gasteiger partial charge in [-0.15, -0.1) is 0 Å². The average molecular weight is 566 g/mol.